The van der Waals surface area contributed by atoms with E-state index in [1.165, 1.54) is 0 Å². The third-order valence-electron chi connectivity index (χ3n) is 4.91. The Labute approximate surface area is 161 Å². The molecule has 1 unspecified atom stereocenters. The van der Waals surface area contributed by atoms with Crippen LogP contribution in [0, 0.1) is 11.8 Å². The lowest BCUT2D eigenvalue weighted by molar-refractivity contribution is -0.0672. The smallest absolute Gasteiger partial charge is 0.280 e. The number of fused-ring (bicyclic) bond motifs is 1. The number of benzene rings is 1. The van der Waals surface area contributed by atoms with Crippen LogP contribution in [-0.4, -0.2) is 41.6 Å². The molecule has 1 aliphatic rings. The summed E-state index contributed by atoms with van der Waals surface area (Å²) in [6.45, 7) is 2.25. The molecule has 3 heterocycles. The molecule has 1 fully saturated rings. The van der Waals surface area contributed by atoms with Crippen LogP contribution in [0.4, 0.5) is 14.5 Å². The zero-order valence-corrected chi connectivity index (χ0v) is 16.1. The van der Waals surface area contributed by atoms with Crippen LogP contribution < -0.4 is 5.32 Å². The maximum atomic E-state index is 14.5. The van der Waals surface area contributed by atoms with E-state index in [2.05, 4.69) is 17.2 Å². The molecule has 0 saturated carbocycles. The quantitative estimate of drug-likeness (QED) is 0.653. The normalized spacial score (nSPS) is 19.6. The number of nitrogens with zero attached hydrogens (tertiary/aromatic N) is 2. The molecular formula is C21H21F2N3S. The summed E-state index contributed by atoms with van der Waals surface area (Å²) in [5.41, 5.74) is 1.76. The van der Waals surface area contributed by atoms with Crippen molar-refractivity contribution in [2.24, 2.45) is 0 Å². The Hall–Kier alpha value is -2.36. The highest BCUT2D eigenvalue weighted by Crippen LogP contribution is 2.40. The molecule has 140 valence electrons. The second-order valence-electron chi connectivity index (χ2n) is 6.91. The van der Waals surface area contributed by atoms with E-state index in [9.17, 15) is 8.78 Å². The molecule has 0 aliphatic carbocycles. The number of alkyl halides is 2. The van der Waals surface area contributed by atoms with Crippen LogP contribution >= 0.6 is 11.3 Å². The Morgan fingerprint density at radius 1 is 1.22 bits per heavy atom. The minimum atomic E-state index is -2.76. The maximum Gasteiger partial charge on any atom is 0.280 e. The van der Waals surface area contributed by atoms with Gasteiger partial charge < -0.3 is 14.8 Å². The Balaban J connectivity index is 1.79. The second-order valence-corrected chi connectivity index (χ2v) is 7.93. The molecule has 0 amide bonds. The molecule has 1 aliphatic heterocycles. The highest BCUT2D eigenvalue weighted by molar-refractivity contribution is 7.20. The molecular weight excluding hydrogens is 364 g/mol. The minimum absolute atomic E-state index is 0.216. The number of likely N-dealkylation sites (tertiary alicyclic amines) is 1. The van der Waals surface area contributed by atoms with Gasteiger partial charge in [-0.05, 0) is 38.6 Å². The van der Waals surface area contributed by atoms with Gasteiger partial charge in [0.05, 0.1) is 28.7 Å². The first-order chi connectivity index (χ1) is 13.0. The average molecular weight is 385 g/mol. The van der Waals surface area contributed by atoms with Crippen LogP contribution in [0.2, 0.25) is 0 Å². The molecule has 1 N–H and O–H groups in total. The number of aromatic nitrogens is 1. The third-order valence-corrected chi connectivity index (χ3v) is 6.05. The Bertz CT molecular complexity index is 1010. The first-order valence-electron chi connectivity index (χ1n) is 8.94. The topological polar surface area (TPSA) is 20.2 Å². The molecule has 3 nitrogen and oxygen atoms in total. The monoisotopic (exact) mass is 385 g/mol. The number of hydrogen-bond donors (Lipinski definition) is 1. The summed E-state index contributed by atoms with van der Waals surface area (Å²) in [7, 11) is 1.74. The standard InChI is InChI=1S/C21H21F2N3S/c1-3-7-17-19(26-11-4-5-12-26)15-8-6-9-16(20(15)27-17)24-18-10-13-25(2)14-21(18,22)23/h4-6,8-9,11-12,18,24H,10,13-14H2,1-2H3. The molecule has 0 radical (unpaired) electrons. The van der Waals surface area contributed by atoms with Crippen LogP contribution in [0.5, 0.6) is 0 Å². The summed E-state index contributed by atoms with van der Waals surface area (Å²) in [5.74, 6) is 3.38. The summed E-state index contributed by atoms with van der Waals surface area (Å²) in [6.07, 6.45) is 4.37. The number of rotatable bonds is 3. The van der Waals surface area contributed by atoms with Crippen LogP contribution in [-0.2, 0) is 0 Å². The van der Waals surface area contributed by atoms with Crippen molar-refractivity contribution < 1.29 is 8.78 Å². The first kappa shape index (κ1) is 18.0. The lowest BCUT2D eigenvalue weighted by atomic mass is 10.0. The minimum Gasteiger partial charge on any atom is -0.375 e. The predicted molar refractivity (Wildman–Crippen MR) is 108 cm³/mol. The number of thiophene rings is 1. The van der Waals surface area contributed by atoms with Gasteiger partial charge in [0.25, 0.3) is 5.92 Å². The molecule has 1 saturated heterocycles. The Morgan fingerprint density at radius 3 is 2.70 bits per heavy atom. The molecule has 27 heavy (non-hydrogen) atoms. The van der Waals surface area contributed by atoms with E-state index in [4.69, 9.17) is 0 Å². The SMILES string of the molecule is CC#Cc1sc2c(NC3CCN(C)CC3(F)F)cccc2c1-n1cccc1. The van der Waals surface area contributed by atoms with Crippen LogP contribution in [0.3, 0.4) is 0 Å². The molecule has 0 bridgehead atoms. The zero-order valence-electron chi connectivity index (χ0n) is 15.3. The van der Waals surface area contributed by atoms with E-state index in [0.29, 0.717) is 13.0 Å². The van der Waals surface area contributed by atoms with Gasteiger partial charge in [0.1, 0.15) is 4.88 Å². The van der Waals surface area contributed by atoms with Crippen molar-refractivity contribution in [1.29, 1.82) is 0 Å². The number of hydrogen-bond acceptors (Lipinski definition) is 3. The molecule has 1 atom stereocenters. The number of piperidine rings is 1. The molecule has 4 rings (SSSR count). The lowest BCUT2D eigenvalue weighted by Gasteiger charge is -2.37. The molecule has 0 spiro atoms. The number of halogens is 2. The van der Waals surface area contributed by atoms with Crippen molar-refractivity contribution in [2.45, 2.75) is 25.3 Å². The first-order valence-corrected chi connectivity index (χ1v) is 9.76. The van der Waals surface area contributed by atoms with Gasteiger partial charge in [-0.1, -0.05) is 18.1 Å². The molecule has 3 aromatic rings. The van der Waals surface area contributed by atoms with E-state index in [0.717, 1.165) is 26.3 Å². The highest BCUT2D eigenvalue weighted by atomic mass is 32.1. The summed E-state index contributed by atoms with van der Waals surface area (Å²) in [5, 5.41) is 4.16. The summed E-state index contributed by atoms with van der Waals surface area (Å²) < 4.78 is 32.0. The number of anilines is 1. The van der Waals surface area contributed by atoms with Gasteiger partial charge in [-0.2, -0.15) is 0 Å². The van der Waals surface area contributed by atoms with Crippen molar-refractivity contribution in [1.82, 2.24) is 9.47 Å². The highest BCUT2D eigenvalue weighted by Gasteiger charge is 2.43. The van der Waals surface area contributed by atoms with E-state index in [1.54, 1.807) is 23.3 Å². The summed E-state index contributed by atoms with van der Waals surface area (Å²) in [4.78, 5) is 2.62. The average Bonchev–Trinajstić information content (AvgIpc) is 3.24. The van der Waals surface area contributed by atoms with Crippen molar-refractivity contribution >= 4 is 27.1 Å². The zero-order chi connectivity index (χ0) is 19.0. The molecule has 2 aromatic heterocycles. The summed E-state index contributed by atoms with van der Waals surface area (Å²) >= 11 is 1.55. The Kier molecular flexibility index (Phi) is 4.67. The van der Waals surface area contributed by atoms with Crippen LogP contribution in [0.15, 0.2) is 42.7 Å². The van der Waals surface area contributed by atoms with Gasteiger partial charge >= 0.3 is 0 Å². The second kappa shape index (κ2) is 6.99. The van der Waals surface area contributed by atoms with Crippen molar-refractivity contribution in [3.05, 3.63) is 47.6 Å². The van der Waals surface area contributed by atoms with Crippen LogP contribution in [0.1, 0.15) is 18.2 Å². The van der Waals surface area contributed by atoms with E-state index in [-0.39, 0.29) is 6.54 Å². The molecule has 1 aromatic carbocycles. The summed E-state index contributed by atoms with van der Waals surface area (Å²) in [6, 6.07) is 8.90. The van der Waals surface area contributed by atoms with Crippen molar-refractivity contribution in [3.63, 3.8) is 0 Å². The van der Waals surface area contributed by atoms with Gasteiger partial charge in [-0.3, -0.25) is 0 Å². The van der Waals surface area contributed by atoms with Crippen molar-refractivity contribution in [2.75, 3.05) is 25.5 Å². The van der Waals surface area contributed by atoms with Gasteiger partial charge in [0.2, 0.25) is 0 Å². The largest absolute Gasteiger partial charge is 0.375 e. The third kappa shape index (κ3) is 3.33. The van der Waals surface area contributed by atoms with E-state index in [1.807, 2.05) is 54.2 Å². The fourth-order valence-corrected chi connectivity index (χ4v) is 4.81. The van der Waals surface area contributed by atoms with Crippen molar-refractivity contribution in [3.8, 4) is 17.5 Å². The lowest BCUT2D eigenvalue weighted by Crippen LogP contribution is -2.53. The van der Waals surface area contributed by atoms with E-state index < -0.39 is 12.0 Å². The van der Waals surface area contributed by atoms with Crippen LogP contribution in [0.25, 0.3) is 15.8 Å². The van der Waals surface area contributed by atoms with E-state index >= 15 is 0 Å². The van der Waals surface area contributed by atoms with Gasteiger partial charge in [0, 0.05) is 24.3 Å². The predicted octanol–water partition coefficient (Wildman–Crippen LogP) is 4.81. The molecule has 6 heteroatoms. The fourth-order valence-electron chi connectivity index (χ4n) is 3.63. The van der Waals surface area contributed by atoms with Gasteiger partial charge in [-0.15, -0.1) is 17.3 Å². The van der Waals surface area contributed by atoms with Gasteiger partial charge in [-0.25, -0.2) is 8.78 Å². The van der Waals surface area contributed by atoms with Gasteiger partial charge in [0.15, 0.2) is 0 Å². The number of nitrogens with one attached hydrogen (secondary N) is 1. The Morgan fingerprint density at radius 2 is 2.00 bits per heavy atom. The maximum absolute atomic E-state index is 14.5. The fraction of sp³-hybridized carbons (Fsp3) is 0.333.